The van der Waals surface area contributed by atoms with Gasteiger partial charge in [-0.2, -0.15) is 0 Å². The normalized spacial score (nSPS) is 26.9. The molecule has 1 aromatic rings. The number of phenols is 1. The van der Waals surface area contributed by atoms with Gasteiger partial charge in [-0.05, 0) is 49.3 Å². The van der Waals surface area contributed by atoms with Gasteiger partial charge in [0.25, 0.3) is 0 Å². The molecule has 1 aromatic carbocycles. The number of phenolic OH excluding ortho intramolecular Hbond substituents is 1. The molecule has 1 fully saturated rings. The van der Waals surface area contributed by atoms with E-state index in [4.69, 9.17) is 10.5 Å². The van der Waals surface area contributed by atoms with Crippen LogP contribution in [0.15, 0.2) is 18.2 Å². The molecule has 0 heterocycles. The highest BCUT2D eigenvalue weighted by Crippen LogP contribution is 2.31. The summed E-state index contributed by atoms with van der Waals surface area (Å²) in [6.45, 7) is 4.37. The van der Waals surface area contributed by atoms with Crippen LogP contribution < -0.4 is 5.73 Å². The summed E-state index contributed by atoms with van der Waals surface area (Å²) in [6, 6.07) is 4.44. The third-order valence-electron chi connectivity index (χ3n) is 3.68. The number of carbonyl (C=O) groups is 1. The molecule has 2 atom stereocenters. The molecular weight excluding hydrogens is 242 g/mol. The molecule has 0 aliphatic heterocycles. The molecule has 19 heavy (non-hydrogen) atoms. The van der Waals surface area contributed by atoms with Crippen LogP contribution in [0, 0.1) is 11.8 Å². The van der Waals surface area contributed by atoms with Crippen LogP contribution in [-0.4, -0.2) is 17.2 Å². The van der Waals surface area contributed by atoms with E-state index in [1.165, 1.54) is 18.6 Å². The summed E-state index contributed by atoms with van der Waals surface area (Å²) in [6.07, 6.45) is 3.00. The molecule has 0 amide bonds. The Labute approximate surface area is 113 Å². The number of anilines is 1. The van der Waals surface area contributed by atoms with Gasteiger partial charge >= 0.3 is 5.97 Å². The Morgan fingerprint density at radius 2 is 1.89 bits per heavy atom. The highest BCUT2D eigenvalue weighted by atomic mass is 16.5. The summed E-state index contributed by atoms with van der Waals surface area (Å²) in [5, 5.41) is 9.51. The first-order chi connectivity index (χ1) is 8.95. The summed E-state index contributed by atoms with van der Waals surface area (Å²) in [4.78, 5) is 12.0. The molecule has 2 rings (SSSR count). The zero-order valence-electron chi connectivity index (χ0n) is 11.4. The third kappa shape index (κ3) is 3.40. The van der Waals surface area contributed by atoms with E-state index in [0.29, 0.717) is 17.4 Å². The maximum absolute atomic E-state index is 12.0. The molecule has 0 saturated heterocycles. The molecule has 0 spiro atoms. The number of esters is 1. The van der Waals surface area contributed by atoms with E-state index >= 15 is 0 Å². The summed E-state index contributed by atoms with van der Waals surface area (Å²) < 4.78 is 5.52. The number of aromatic hydroxyl groups is 1. The molecule has 3 N–H and O–H groups in total. The number of benzene rings is 1. The number of nitrogens with two attached hydrogens (primary N) is 1. The van der Waals surface area contributed by atoms with Crippen LogP contribution in [0.2, 0.25) is 0 Å². The Morgan fingerprint density at radius 3 is 2.47 bits per heavy atom. The van der Waals surface area contributed by atoms with E-state index in [1.807, 2.05) is 0 Å². The average Bonchev–Trinajstić information content (AvgIpc) is 2.31. The second kappa shape index (κ2) is 5.51. The topological polar surface area (TPSA) is 72.5 Å². The summed E-state index contributed by atoms with van der Waals surface area (Å²) in [7, 11) is 0. The van der Waals surface area contributed by atoms with Crippen molar-refractivity contribution in [2.45, 2.75) is 39.2 Å². The lowest BCUT2D eigenvalue weighted by Gasteiger charge is -2.31. The second-order valence-corrected chi connectivity index (χ2v) is 5.72. The van der Waals surface area contributed by atoms with Crippen molar-refractivity contribution < 1.29 is 14.6 Å². The van der Waals surface area contributed by atoms with E-state index in [2.05, 4.69) is 13.8 Å². The minimum Gasteiger partial charge on any atom is -0.506 e. The molecule has 4 heteroatoms. The zero-order valence-corrected chi connectivity index (χ0v) is 11.4. The van der Waals surface area contributed by atoms with Gasteiger partial charge in [-0.15, -0.1) is 0 Å². The average molecular weight is 263 g/mol. The molecule has 4 nitrogen and oxygen atoms in total. The molecule has 1 saturated carbocycles. The highest BCUT2D eigenvalue weighted by Gasteiger charge is 2.27. The quantitative estimate of drug-likeness (QED) is 0.489. The largest absolute Gasteiger partial charge is 0.506 e. The van der Waals surface area contributed by atoms with Crippen LogP contribution in [0.3, 0.4) is 0 Å². The first-order valence-electron chi connectivity index (χ1n) is 6.75. The monoisotopic (exact) mass is 263 g/mol. The maximum atomic E-state index is 12.0. The van der Waals surface area contributed by atoms with Crippen LogP contribution in [0.4, 0.5) is 5.69 Å². The second-order valence-electron chi connectivity index (χ2n) is 5.72. The lowest BCUT2D eigenvalue weighted by atomic mass is 9.82. The summed E-state index contributed by atoms with van der Waals surface area (Å²) in [5.41, 5.74) is 6.11. The van der Waals surface area contributed by atoms with Crippen molar-refractivity contribution >= 4 is 11.7 Å². The SMILES string of the molecule is CC1CC(C)CC(OC(=O)c2ccc(N)c(O)c2)C1. The van der Waals surface area contributed by atoms with E-state index in [1.54, 1.807) is 6.07 Å². The Bertz CT molecular complexity index is 462. The third-order valence-corrected chi connectivity index (χ3v) is 3.68. The number of rotatable bonds is 2. The molecule has 104 valence electrons. The lowest BCUT2D eigenvalue weighted by molar-refractivity contribution is 0.00802. The fraction of sp³-hybridized carbons (Fsp3) is 0.533. The van der Waals surface area contributed by atoms with Crippen molar-refractivity contribution in [2.75, 3.05) is 5.73 Å². The van der Waals surface area contributed by atoms with Gasteiger partial charge in [0.05, 0.1) is 11.3 Å². The molecule has 2 unspecified atom stereocenters. The van der Waals surface area contributed by atoms with Gasteiger partial charge < -0.3 is 15.6 Å². The minimum absolute atomic E-state index is 0.0223. The van der Waals surface area contributed by atoms with Crippen molar-refractivity contribution in [2.24, 2.45) is 11.8 Å². The molecule has 0 radical (unpaired) electrons. The minimum atomic E-state index is -0.387. The van der Waals surface area contributed by atoms with Crippen molar-refractivity contribution in [3.05, 3.63) is 23.8 Å². The Morgan fingerprint density at radius 1 is 1.26 bits per heavy atom. The summed E-state index contributed by atoms with van der Waals surface area (Å²) in [5.74, 6) is 0.698. The maximum Gasteiger partial charge on any atom is 0.338 e. The van der Waals surface area contributed by atoms with E-state index in [0.717, 1.165) is 12.8 Å². The molecule has 1 aliphatic rings. The Hall–Kier alpha value is -1.71. The fourth-order valence-corrected chi connectivity index (χ4v) is 2.86. The van der Waals surface area contributed by atoms with Gasteiger partial charge in [0.15, 0.2) is 0 Å². The van der Waals surface area contributed by atoms with Gasteiger partial charge in [0.1, 0.15) is 11.9 Å². The van der Waals surface area contributed by atoms with Crippen molar-refractivity contribution in [1.29, 1.82) is 0 Å². The van der Waals surface area contributed by atoms with Gasteiger partial charge in [-0.25, -0.2) is 4.79 Å². The number of ether oxygens (including phenoxy) is 1. The van der Waals surface area contributed by atoms with Crippen molar-refractivity contribution in [3.8, 4) is 5.75 Å². The first kappa shape index (κ1) is 13.7. The number of nitrogen functional groups attached to an aromatic ring is 1. The first-order valence-corrected chi connectivity index (χ1v) is 6.75. The van der Waals surface area contributed by atoms with Crippen molar-refractivity contribution in [3.63, 3.8) is 0 Å². The van der Waals surface area contributed by atoms with Crippen LogP contribution in [0.1, 0.15) is 43.5 Å². The Kier molecular flexibility index (Phi) is 3.98. The number of carbonyl (C=O) groups excluding carboxylic acids is 1. The van der Waals surface area contributed by atoms with E-state index < -0.39 is 0 Å². The summed E-state index contributed by atoms with van der Waals surface area (Å²) >= 11 is 0. The number of hydrogen-bond acceptors (Lipinski definition) is 4. The molecule has 1 aliphatic carbocycles. The molecular formula is C15H21NO3. The van der Waals surface area contributed by atoms with E-state index in [-0.39, 0.29) is 23.5 Å². The fourth-order valence-electron chi connectivity index (χ4n) is 2.86. The Balaban J connectivity index is 2.02. The lowest BCUT2D eigenvalue weighted by Crippen LogP contribution is -2.28. The predicted octanol–water partition coefficient (Wildman–Crippen LogP) is 2.96. The molecule has 0 aromatic heterocycles. The van der Waals surface area contributed by atoms with Gasteiger partial charge in [0, 0.05) is 0 Å². The smallest absolute Gasteiger partial charge is 0.338 e. The number of hydrogen-bond donors (Lipinski definition) is 2. The van der Waals surface area contributed by atoms with Crippen molar-refractivity contribution in [1.82, 2.24) is 0 Å². The van der Waals surface area contributed by atoms with Gasteiger partial charge in [-0.1, -0.05) is 13.8 Å². The molecule has 0 bridgehead atoms. The van der Waals surface area contributed by atoms with Crippen LogP contribution in [0.5, 0.6) is 5.75 Å². The van der Waals surface area contributed by atoms with Crippen LogP contribution in [0.25, 0.3) is 0 Å². The standard InChI is InChI=1S/C15H21NO3/c1-9-5-10(2)7-12(6-9)19-15(18)11-3-4-13(16)14(17)8-11/h3-4,8-10,12,17H,5-7,16H2,1-2H3. The predicted molar refractivity (Wildman–Crippen MR) is 73.9 cm³/mol. The highest BCUT2D eigenvalue weighted by molar-refractivity contribution is 5.90. The van der Waals surface area contributed by atoms with Gasteiger partial charge in [0.2, 0.25) is 0 Å². The van der Waals surface area contributed by atoms with Crippen LogP contribution in [-0.2, 0) is 4.74 Å². The zero-order chi connectivity index (χ0) is 14.0. The van der Waals surface area contributed by atoms with Gasteiger partial charge in [-0.3, -0.25) is 0 Å². The van der Waals surface area contributed by atoms with E-state index in [9.17, 15) is 9.90 Å². The van der Waals surface area contributed by atoms with Crippen LogP contribution >= 0.6 is 0 Å².